The van der Waals surface area contributed by atoms with Gasteiger partial charge in [-0.05, 0) is 12.1 Å². The molecule has 0 fully saturated rings. The summed E-state index contributed by atoms with van der Waals surface area (Å²) in [6, 6.07) is 4.57. The number of ether oxygens (including phenoxy) is 1. The second-order valence-corrected chi connectivity index (χ2v) is 3.55. The van der Waals surface area contributed by atoms with Crippen molar-refractivity contribution < 1.29 is 9.66 Å². The third kappa shape index (κ3) is 2.08. The highest BCUT2D eigenvalue weighted by atomic mass is 35.5. The van der Waals surface area contributed by atoms with Gasteiger partial charge in [0, 0.05) is 0 Å². The van der Waals surface area contributed by atoms with Gasteiger partial charge >= 0.3 is 5.69 Å². The topological polar surface area (TPSA) is 52.4 Å². The summed E-state index contributed by atoms with van der Waals surface area (Å²) in [5, 5.41) is 10.7. The van der Waals surface area contributed by atoms with Crippen LogP contribution in [0.3, 0.4) is 0 Å². The monoisotopic (exact) mass is 235 g/mol. The minimum Gasteiger partial charge on any atom is -0.490 e. The number of benzene rings is 1. The van der Waals surface area contributed by atoms with E-state index in [0.717, 1.165) is 0 Å². The molecule has 0 spiro atoms. The Bertz CT molecular complexity index is 354. The number of methoxy groups -OCH3 is 1. The highest BCUT2D eigenvalue weighted by Crippen LogP contribution is 2.38. The van der Waals surface area contributed by atoms with Crippen molar-refractivity contribution >= 4 is 28.9 Å². The van der Waals surface area contributed by atoms with Crippen molar-refractivity contribution in [1.29, 1.82) is 0 Å². The van der Waals surface area contributed by atoms with Crippen LogP contribution in [0.4, 0.5) is 5.69 Å². The first-order valence-electron chi connectivity index (χ1n) is 3.67. The van der Waals surface area contributed by atoms with E-state index in [0.29, 0.717) is 0 Å². The molecular weight excluding hydrogens is 229 g/mol. The van der Waals surface area contributed by atoms with Gasteiger partial charge in [-0.2, -0.15) is 0 Å². The van der Waals surface area contributed by atoms with Crippen molar-refractivity contribution in [3.8, 4) is 5.75 Å². The fourth-order valence-electron chi connectivity index (χ4n) is 1.08. The molecule has 0 aromatic heterocycles. The smallest absolute Gasteiger partial charge is 0.316 e. The average Bonchev–Trinajstić information content (AvgIpc) is 2.16. The second-order valence-electron chi connectivity index (χ2n) is 2.46. The maximum atomic E-state index is 10.7. The number of alkyl halides is 2. The Morgan fingerprint density at radius 3 is 2.57 bits per heavy atom. The number of hydrogen-bond donors (Lipinski definition) is 0. The standard InChI is InChI=1S/C8H7Cl2NO3/c1-14-6-4-2-3-5(8(9)10)7(6)11(12)13/h2-4,8H,1H3. The quantitative estimate of drug-likeness (QED) is 0.460. The molecule has 0 saturated heterocycles. The lowest BCUT2D eigenvalue weighted by Crippen LogP contribution is -1.98. The normalized spacial score (nSPS) is 10.3. The lowest BCUT2D eigenvalue weighted by Gasteiger charge is -2.06. The van der Waals surface area contributed by atoms with E-state index in [-0.39, 0.29) is 17.0 Å². The third-order valence-electron chi connectivity index (χ3n) is 1.67. The SMILES string of the molecule is COc1cccc(C(Cl)Cl)c1[N+](=O)[O-]. The lowest BCUT2D eigenvalue weighted by molar-refractivity contribution is -0.386. The second kappa shape index (κ2) is 4.48. The van der Waals surface area contributed by atoms with Gasteiger partial charge in [0.2, 0.25) is 0 Å². The molecule has 0 aliphatic heterocycles. The number of nitro groups is 1. The fraction of sp³-hybridized carbons (Fsp3) is 0.250. The summed E-state index contributed by atoms with van der Waals surface area (Å²) in [5.74, 6) is 0.152. The molecule has 6 heteroatoms. The van der Waals surface area contributed by atoms with E-state index in [1.54, 1.807) is 6.07 Å². The zero-order valence-electron chi connectivity index (χ0n) is 7.24. The number of rotatable bonds is 3. The van der Waals surface area contributed by atoms with Gasteiger partial charge < -0.3 is 4.74 Å². The fourth-order valence-corrected chi connectivity index (χ4v) is 1.43. The summed E-state index contributed by atoms with van der Waals surface area (Å²) in [4.78, 5) is 9.21. The van der Waals surface area contributed by atoms with E-state index < -0.39 is 9.76 Å². The van der Waals surface area contributed by atoms with Crippen molar-refractivity contribution in [2.75, 3.05) is 7.11 Å². The van der Waals surface area contributed by atoms with Crippen LogP contribution in [-0.4, -0.2) is 12.0 Å². The summed E-state index contributed by atoms with van der Waals surface area (Å²) in [6.45, 7) is 0. The lowest BCUT2D eigenvalue weighted by atomic mass is 10.2. The molecule has 4 nitrogen and oxygen atoms in total. The van der Waals surface area contributed by atoms with Crippen LogP contribution in [0.2, 0.25) is 0 Å². The maximum Gasteiger partial charge on any atom is 0.316 e. The Labute approximate surface area is 90.5 Å². The Balaban J connectivity index is 3.35. The number of hydrogen-bond acceptors (Lipinski definition) is 3. The average molecular weight is 236 g/mol. The first-order chi connectivity index (χ1) is 6.57. The molecule has 1 rings (SSSR count). The Kier molecular flexibility index (Phi) is 3.55. The minimum atomic E-state index is -0.939. The minimum absolute atomic E-state index is 0.152. The molecule has 0 atom stereocenters. The van der Waals surface area contributed by atoms with Crippen molar-refractivity contribution in [3.63, 3.8) is 0 Å². The molecule has 0 saturated carbocycles. The van der Waals surface area contributed by atoms with E-state index in [2.05, 4.69) is 0 Å². The molecule has 0 bridgehead atoms. The predicted molar refractivity (Wildman–Crippen MR) is 54.1 cm³/mol. The zero-order chi connectivity index (χ0) is 10.7. The van der Waals surface area contributed by atoms with Gasteiger partial charge in [0.15, 0.2) is 5.75 Å². The van der Waals surface area contributed by atoms with Crippen molar-refractivity contribution in [2.24, 2.45) is 0 Å². The highest BCUT2D eigenvalue weighted by molar-refractivity contribution is 6.44. The van der Waals surface area contributed by atoms with E-state index >= 15 is 0 Å². The Morgan fingerprint density at radius 1 is 1.50 bits per heavy atom. The summed E-state index contributed by atoms with van der Waals surface area (Å²) in [7, 11) is 1.35. The summed E-state index contributed by atoms with van der Waals surface area (Å²) in [5.41, 5.74) is 0.0442. The van der Waals surface area contributed by atoms with Crippen LogP contribution in [0.5, 0.6) is 5.75 Å². The number of nitro benzene ring substituents is 1. The van der Waals surface area contributed by atoms with Crippen LogP contribution in [0.1, 0.15) is 10.4 Å². The summed E-state index contributed by atoms with van der Waals surface area (Å²) >= 11 is 11.2. The number of para-hydroxylation sites is 1. The molecule has 1 aromatic carbocycles. The summed E-state index contributed by atoms with van der Waals surface area (Å²) in [6.07, 6.45) is 0. The molecule has 14 heavy (non-hydrogen) atoms. The molecule has 0 aliphatic rings. The van der Waals surface area contributed by atoms with Gasteiger partial charge in [0.1, 0.15) is 4.84 Å². The molecule has 76 valence electrons. The van der Waals surface area contributed by atoms with Gasteiger partial charge in [0.25, 0.3) is 0 Å². The molecular formula is C8H7Cl2NO3. The van der Waals surface area contributed by atoms with Crippen molar-refractivity contribution in [1.82, 2.24) is 0 Å². The van der Waals surface area contributed by atoms with Crippen LogP contribution in [-0.2, 0) is 0 Å². The van der Waals surface area contributed by atoms with Crippen molar-refractivity contribution in [2.45, 2.75) is 4.84 Å². The van der Waals surface area contributed by atoms with E-state index in [1.807, 2.05) is 0 Å². The van der Waals surface area contributed by atoms with E-state index in [4.69, 9.17) is 27.9 Å². The predicted octanol–water partition coefficient (Wildman–Crippen LogP) is 3.08. The molecule has 0 N–H and O–H groups in total. The summed E-state index contributed by atoms with van der Waals surface area (Å²) < 4.78 is 4.84. The zero-order valence-corrected chi connectivity index (χ0v) is 8.75. The molecule has 0 amide bonds. The Morgan fingerprint density at radius 2 is 2.14 bits per heavy atom. The van der Waals surface area contributed by atoms with Crippen LogP contribution in [0.25, 0.3) is 0 Å². The molecule has 1 aromatic rings. The molecule has 0 radical (unpaired) electrons. The van der Waals surface area contributed by atoms with Crippen molar-refractivity contribution in [3.05, 3.63) is 33.9 Å². The van der Waals surface area contributed by atoms with Crippen LogP contribution < -0.4 is 4.74 Å². The number of halogens is 2. The van der Waals surface area contributed by atoms with E-state index in [9.17, 15) is 10.1 Å². The van der Waals surface area contributed by atoms with Gasteiger partial charge in [-0.25, -0.2) is 0 Å². The van der Waals surface area contributed by atoms with Crippen LogP contribution in [0, 0.1) is 10.1 Å². The van der Waals surface area contributed by atoms with E-state index in [1.165, 1.54) is 19.2 Å². The maximum absolute atomic E-state index is 10.7. The molecule has 0 aliphatic carbocycles. The third-order valence-corrected chi connectivity index (χ3v) is 2.14. The van der Waals surface area contributed by atoms with Gasteiger partial charge in [0.05, 0.1) is 17.6 Å². The Hall–Kier alpha value is -1.00. The van der Waals surface area contributed by atoms with Crippen LogP contribution in [0.15, 0.2) is 18.2 Å². The van der Waals surface area contributed by atoms with Crippen LogP contribution >= 0.6 is 23.2 Å². The first kappa shape index (κ1) is 11.1. The first-order valence-corrected chi connectivity index (χ1v) is 4.54. The van der Waals surface area contributed by atoms with Gasteiger partial charge in [-0.3, -0.25) is 10.1 Å². The molecule has 0 heterocycles. The molecule has 0 unspecified atom stereocenters. The number of nitrogens with zero attached hydrogens (tertiary/aromatic N) is 1. The largest absolute Gasteiger partial charge is 0.490 e. The highest BCUT2D eigenvalue weighted by Gasteiger charge is 2.23. The van der Waals surface area contributed by atoms with Gasteiger partial charge in [-0.1, -0.05) is 29.3 Å². The van der Waals surface area contributed by atoms with Gasteiger partial charge in [-0.15, -0.1) is 0 Å².